The van der Waals surface area contributed by atoms with Gasteiger partial charge in [-0.25, -0.2) is 0 Å². The molecule has 1 N–H and O–H groups in total. The van der Waals surface area contributed by atoms with Gasteiger partial charge in [-0.1, -0.05) is 12.1 Å². The zero-order valence-electron chi connectivity index (χ0n) is 14.9. The Labute approximate surface area is 144 Å². The number of carbonyl (C=O) groups is 1. The van der Waals surface area contributed by atoms with Crippen molar-refractivity contribution in [3.63, 3.8) is 0 Å². The summed E-state index contributed by atoms with van der Waals surface area (Å²) < 4.78 is 16.2. The van der Waals surface area contributed by atoms with Crippen LogP contribution in [0, 0.1) is 5.92 Å². The summed E-state index contributed by atoms with van der Waals surface area (Å²) in [6.45, 7) is 6.19. The smallest absolute Gasteiger partial charge is 0.314 e. The van der Waals surface area contributed by atoms with E-state index in [2.05, 4.69) is 0 Å². The highest BCUT2D eigenvalue weighted by atomic mass is 16.5. The van der Waals surface area contributed by atoms with Crippen LogP contribution in [0.1, 0.15) is 32.6 Å². The van der Waals surface area contributed by atoms with Gasteiger partial charge in [-0.3, -0.25) is 4.79 Å². The summed E-state index contributed by atoms with van der Waals surface area (Å²) >= 11 is 0. The minimum atomic E-state index is -0.0193. The number of hydrogen-bond donors (Lipinski definition) is 1. The number of quaternary nitrogens is 1. The van der Waals surface area contributed by atoms with Gasteiger partial charge in [0.05, 0.1) is 40.0 Å². The largest absolute Gasteiger partial charge is 0.493 e. The molecule has 2 atom stereocenters. The third-order valence-corrected chi connectivity index (χ3v) is 4.49. The molecular weight excluding hydrogens is 306 g/mol. The second-order valence-electron chi connectivity index (χ2n) is 6.25. The number of rotatable bonds is 9. The Morgan fingerprint density at radius 2 is 2.04 bits per heavy atom. The lowest BCUT2D eigenvalue weighted by molar-refractivity contribution is -0.907. The van der Waals surface area contributed by atoms with Gasteiger partial charge >= 0.3 is 5.97 Å². The van der Waals surface area contributed by atoms with Crippen molar-refractivity contribution in [3.05, 3.63) is 24.3 Å². The maximum atomic E-state index is 11.9. The van der Waals surface area contributed by atoms with Crippen LogP contribution < -0.4 is 14.4 Å². The van der Waals surface area contributed by atoms with Gasteiger partial charge in [-0.15, -0.1) is 0 Å². The number of hydrogen-bond acceptors (Lipinski definition) is 4. The third-order valence-electron chi connectivity index (χ3n) is 4.49. The molecule has 1 fully saturated rings. The fraction of sp³-hybridized carbons (Fsp3) is 0.632. The van der Waals surface area contributed by atoms with Gasteiger partial charge in [-0.05, 0) is 44.7 Å². The molecule has 0 saturated carbocycles. The first-order valence-corrected chi connectivity index (χ1v) is 9.00. The number of esters is 1. The second-order valence-corrected chi connectivity index (χ2v) is 6.25. The van der Waals surface area contributed by atoms with E-state index in [9.17, 15) is 4.79 Å². The summed E-state index contributed by atoms with van der Waals surface area (Å²) in [4.78, 5) is 13.4. The van der Waals surface area contributed by atoms with Crippen LogP contribution in [-0.2, 0) is 9.53 Å². The van der Waals surface area contributed by atoms with Crippen LogP contribution in [0.2, 0.25) is 0 Å². The molecule has 0 spiro atoms. The van der Waals surface area contributed by atoms with Gasteiger partial charge in [0.2, 0.25) is 0 Å². The molecule has 134 valence electrons. The van der Waals surface area contributed by atoms with E-state index in [0.717, 1.165) is 56.8 Å². The fourth-order valence-electron chi connectivity index (χ4n) is 3.24. The summed E-state index contributed by atoms with van der Waals surface area (Å²) in [7, 11) is 1.65. The van der Waals surface area contributed by atoms with Gasteiger partial charge in [0.15, 0.2) is 11.5 Å². The van der Waals surface area contributed by atoms with Crippen molar-refractivity contribution in [2.45, 2.75) is 32.6 Å². The monoisotopic (exact) mass is 336 g/mol. The molecule has 0 aromatic heterocycles. The lowest BCUT2D eigenvalue weighted by Crippen LogP contribution is -3.13. The van der Waals surface area contributed by atoms with Crippen molar-refractivity contribution in [3.8, 4) is 11.5 Å². The van der Waals surface area contributed by atoms with Crippen molar-refractivity contribution in [2.24, 2.45) is 5.92 Å². The fourth-order valence-corrected chi connectivity index (χ4v) is 3.24. The van der Waals surface area contributed by atoms with Crippen LogP contribution in [0.4, 0.5) is 0 Å². The number of piperidine rings is 1. The zero-order chi connectivity index (χ0) is 17.2. The van der Waals surface area contributed by atoms with E-state index >= 15 is 0 Å². The highest BCUT2D eigenvalue weighted by Crippen LogP contribution is 2.25. The molecule has 0 radical (unpaired) electrons. The first-order valence-electron chi connectivity index (χ1n) is 9.00. The molecule has 1 saturated heterocycles. The van der Waals surface area contributed by atoms with E-state index in [1.54, 1.807) is 7.11 Å². The van der Waals surface area contributed by atoms with Crippen LogP contribution >= 0.6 is 0 Å². The summed E-state index contributed by atoms with van der Waals surface area (Å²) in [5.41, 5.74) is 0. The Hall–Kier alpha value is -1.75. The average Bonchev–Trinajstić information content (AvgIpc) is 2.62. The number of ether oxygens (including phenoxy) is 3. The number of nitrogens with one attached hydrogen (secondary N) is 1. The molecule has 24 heavy (non-hydrogen) atoms. The predicted octanol–water partition coefficient (Wildman–Crippen LogP) is 1.71. The van der Waals surface area contributed by atoms with Gasteiger partial charge < -0.3 is 19.1 Å². The number of para-hydroxylation sites is 2. The molecule has 1 heterocycles. The van der Waals surface area contributed by atoms with E-state index < -0.39 is 0 Å². The average molecular weight is 336 g/mol. The molecule has 0 bridgehead atoms. The predicted molar refractivity (Wildman–Crippen MR) is 92.6 cm³/mol. The molecule has 1 aromatic rings. The molecule has 5 heteroatoms. The van der Waals surface area contributed by atoms with E-state index in [-0.39, 0.29) is 11.9 Å². The topological polar surface area (TPSA) is 49.2 Å². The summed E-state index contributed by atoms with van der Waals surface area (Å²) in [6, 6.07) is 7.72. The highest BCUT2D eigenvalue weighted by Gasteiger charge is 2.29. The first-order chi connectivity index (χ1) is 11.7. The Morgan fingerprint density at radius 1 is 1.25 bits per heavy atom. The zero-order valence-corrected chi connectivity index (χ0v) is 14.9. The van der Waals surface area contributed by atoms with Crippen molar-refractivity contribution >= 4 is 5.97 Å². The summed E-state index contributed by atoms with van der Waals surface area (Å²) in [6.07, 6.45) is 4.18. The lowest BCUT2D eigenvalue weighted by atomic mass is 9.98. The Kier molecular flexibility index (Phi) is 7.89. The Morgan fingerprint density at radius 3 is 2.79 bits per heavy atom. The van der Waals surface area contributed by atoms with Crippen LogP contribution in [0.15, 0.2) is 24.3 Å². The minimum absolute atomic E-state index is 0.0193. The minimum Gasteiger partial charge on any atom is -0.493 e. The molecule has 1 aromatic carbocycles. The number of unbranched alkanes of at least 4 members (excludes halogenated alkanes) is 1. The first kappa shape index (κ1) is 18.6. The molecule has 1 aliphatic rings. The molecule has 2 rings (SSSR count). The van der Waals surface area contributed by atoms with E-state index in [1.807, 2.05) is 31.2 Å². The number of benzene rings is 1. The lowest BCUT2D eigenvalue weighted by Gasteiger charge is -2.28. The van der Waals surface area contributed by atoms with Crippen LogP contribution in [0.3, 0.4) is 0 Å². The standard InChI is InChI=1S/C19H29NO4/c1-3-23-19(21)16-9-8-13-20(15-16)12-6-7-14-24-18-11-5-4-10-17(18)22-2/h4-5,10-11,16H,3,6-9,12-15H2,1-2H3/p+1/t16-/m1/s1. The number of likely N-dealkylation sites (tertiary alicyclic amines) is 1. The van der Waals surface area contributed by atoms with Crippen molar-refractivity contribution < 1.29 is 23.9 Å². The van der Waals surface area contributed by atoms with E-state index in [4.69, 9.17) is 14.2 Å². The van der Waals surface area contributed by atoms with E-state index in [0.29, 0.717) is 13.2 Å². The number of methoxy groups -OCH3 is 1. The van der Waals surface area contributed by atoms with Gasteiger partial charge in [0.25, 0.3) is 0 Å². The summed E-state index contributed by atoms with van der Waals surface area (Å²) in [5, 5.41) is 0. The normalized spacial score (nSPS) is 20.4. The molecule has 1 aliphatic heterocycles. The number of carbonyl (C=O) groups excluding carboxylic acids is 1. The maximum absolute atomic E-state index is 11.9. The third kappa shape index (κ3) is 5.71. The molecule has 0 aliphatic carbocycles. The van der Waals surface area contributed by atoms with Crippen molar-refractivity contribution in [1.29, 1.82) is 0 Å². The van der Waals surface area contributed by atoms with Crippen molar-refractivity contribution in [2.75, 3.05) is 40.0 Å². The molecule has 5 nitrogen and oxygen atoms in total. The molecular formula is C19H30NO4+. The van der Waals surface area contributed by atoms with Crippen LogP contribution in [0.5, 0.6) is 11.5 Å². The Bertz CT molecular complexity index is 506. The van der Waals surface area contributed by atoms with Crippen LogP contribution in [-0.4, -0.2) is 45.9 Å². The Balaban J connectivity index is 1.64. The SMILES string of the molecule is CCOC(=O)[C@@H]1CCC[NH+](CCCCOc2ccccc2OC)C1. The molecule has 1 unspecified atom stereocenters. The van der Waals surface area contributed by atoms with Gasteiger partial charge in [-0.2, -0.15) is 0 Å². The quantitative estimate of drug-likeness (QED) is 0.551. The summed E-state index contributed by atoms with van der Waals surface area (Å²) in [5.74, 6) is 1.64. The van der Waals surface area contributed by atoms with Gasteiger partial charge in [0, 0.05) is 0 Å². The van der Waals surface area contributed by atoms with E-state index in [1.165, 1.54) is 4.90 Å². The van der Waals surface area contributed by atoms with Gasteiger partial charge in [0.1, 0.15) is 5.92 Å². The van der Waals surface area contributed by atoms with Crippen molar-refractivity contribution in [1.82, 2.24) is 0 Å². The maximum Gasteiger partial charge on any atom is 0.314 e. The second kappa shape index (κ2) is 10.2. The van der Waals surface area contributed by atoms with Crippen LogP contribution in [0.25, 0.3) is 0 Å². The molecule has 0 amide bonds. The highest BCUT2D eigenvalue weighted by molar-refractivity contribution is 5.72.